The van der Waals surface area contributed by atoms with Crippen LogP contribution in [0, 0.1) is 13.8 Å². The van der Waals surface area contributed by atoms with Crippen LogP contribution < -0.4 is 4.90 Å². The van der Waals surface area contributed by atoms with E-state index in [1.54, 1.807) is 0 Å². The number of hydrogen-bond acceptors (Lipinski definition) is 5. The number of nitrogens with zero attached hydrogens (tertiary/aromatic N) is 2. The summed E-state index contributed by atoms with van der Waals surface area (Å²) >= 11 is 1.33. The van der Waals surface area contributed by atoms with Gasteiger partial charge in [0.05, 0.1) is 17.5 Å². The Labute approximate surface area is 162 Å². The molecule has 7 nitrogen and oxygen atoms in total. The molecule has 2 aliphatic heterocycles. The van der Waals surface area contributed by atoms with E-state index < -0.39 is 15.8 Å². The zero-order valence-corrected chi connectivity index (χ0v) is 16.8. The van der Waals surface area contributed by atoms with Crippen molar-refractivity contribution in [2.45, 2.75) is 44.4 Å². The molecule has 2 heterocycles. The third-order valence-corrected chi connectivity index (χ3v) is 8.11. The Morgan fingerprint density at radius 3 is 2.70 bits per heavy atom. The van der Waals surface area contributed by atoms with Gasteiger partial charge < -0.3 is 10.0 Å². The molecule has 27 heavy (non-hydrogen) atoms. The van der Waals surface area contributed by atoms with Gasteiger partial charge in [-0.05, 0) is 37.5 Å². The summed E-state index contributed by atoms with van der Waals surface area (Å²) in [5.41, 5.74) is 2.96. The molecule has 2 fully saturated rings. The number of anilines is 1. The van der Waals surface area contributed by atoms with E-state index in [2.05, 4.69) is 4.99 Å². The second kappa shape index (κ2) is 7.63. The van der Waals surface area contributed by atoms with Gasteiger partial charge in [0.1, 0.15) is 0 Å². The lowest BCUT2D eigenvalue weighted by molar-refractivity contribution is -0.137. The van der Waals surface area contributed by atoms with Gasteiger partial charge in [0.25, 0.3) is 0 Å². The number of carbonyl (C=O) groups is 2. The number of carbonyl (C=O) groups excluding carboxylic acids is 1. The van der Waals surface area contributed by atoms with E-state index in [9.17, 15) is 18.0 Å². The molecular formula is C18H22N2O5S2. The number of sulfone groups is 1. The first kappa shape index (κ1) is 19.9. The Morgan fingerprint density at radius 2 is 2.00 bits per heavy atom. The number of hydrogen-bond donors (Lipinski definition) is 1. The molecule has 9 heteroatoms. The van der Waals surface area contributed by atoms with Crippen LogP contribution in [-0.4, -0.2) is 53.4 Å². The van der Waals surface area contributed by atoms with Crippen LogP contribution in [-0.2, 0) is 19.4 Å². The van der Waals surface area contributed by atoms with E-state index in [0.29, 0.717) is 5.17 Å². The normalized spacial score (nSPS) is 25.0. The quantitative estimate of drug-likeness (QED) is 0.793. The number of fused-ring (bicyclic) bond motifs is 1. The van der Waals surface area contributed by atoms with Crippen molar-refractivity contribution >= 4 is 44.3 Å². The van der Waals surface area contributed by atoms with Gasteiger partial charge in [-0.1, -0.05) is 23.9 Å². The second-order valence-electron chi connectivity index (χ2n) is 6.93. The van der Waals surface area contributed by atoms with Crippen molar-refractivity contribution in [2.75, 3.05) is 16.4 Å². The van der Waals surface area contributed by atoms with Crippen molar-refractivity contribution in [3.8, 4) is 0 Å². The highest BCUT2D eigenvalue weighted by Gasteiger charge is 2.49. The molecule has 1 aromatic carbocycles. The van der Waals surface area contributed by atoms with Crippen molar-refractivity contribution in [2.24, 2.45) is 4.99 Å². The van der Waals surface area contributed by atoms with Gasteiger partial charge in [0, 0.05) is 23.8 Å². The van der Waals surface area contributed by atoms with Crippen molar-refractivity contribution < 1.29 is 23.1 Å². The summed E-state index contributed by atoms with van der Waals surface area (Å²) in [5, 5.41) is 9.06. The Morgan fingerprint density at radius 1 is 1.26 bits per heavy atom. The standard InChI is InChI=1S/C18H22N2O5S2/c1-11-5-3-6-13(12(11)2)20-14-9-27(24,25)10-15(14)26-18(20)19-16(21)7-4-8-17(22)23/h3,5-6,14-15H,4,7-10H2,1-2H3,(H,22,23). The number of amidine groups is 1. The summed E-state index contributed by atoms with van der Waals surface area (Å²) < 4.78 is 24.2. The molecule has 3 rings (SSSR count). The van der Waals surface area contributed by atoms with E-state index >= 15 is 0 Å². The predicted octanol–water partition coefficient (Wildman–Crippen LogP) is 2.16. The molecule has 0 aromatic heterocycles. The van der Waals surface area contributed by atoms with E-state index in [4.69, 9.17) is 5.11 Å². The van der Waals surface area contributed by atoms with Crippen LogP contribution in [0.4, 0.5) is 5.69 Å². The Balaban J connectivity index is 1.91. The van der Waals surface area contributed by atoms with E-state index in [1.807, 2.05) is 36.9 Å². The van der Waals surface area contributed by atoms with Gasteiger partial charge >= 0.3 is 5.97 Å². The molecule has 2 aliphatic rings. The molecule has 0 aliphatic carbocycles. The van der Waals surface area contributed by atoms with E-state index in [-0.39, 0.29) is 48.0 Å². The maximum absolute atomic E-state index is 12.2. The molecular weight excluding hydrogens is 388 g/mol. The highest BCUT2D eigenvalue weighted by Crippen LogP contribution is 2.42. The summed E-state index contributed by atoms with van der Waals surface area (Å²) in [4.78, 5) is 28.9. The predicted molar refractivity (Wildman–Crippen MR) is 106 cm³/mol. The fraction of sp³-hybridized carbons (Fsp3) is 0.500. The summed E-state index contributed by atoms with van der Waals surface area (Å²) in [6, 6.07) is 5.57. The fourth-order valence-corrected chi connectivity index (χ4v) is 7.32. The van der Waals surface area contributed by atoms with Crippen molar-refractivity contribution in [3.63, 3.8) is 0 Å². The van der Waals surface area contributed by atoms with Gasteiger partial charge in [-0.15, -0.1) is 0 Å². The zero-order chi connectivity index (χ0) is 19.8. The number of aliphatic carboxylic acids is 1. The third-order valence-electron chi connectivity index (χ3n) is 4.90. The van der Waals surface area contributed by atoms with Crippen LogP contribution in [0.15, 0.2) is 23.2 Å². The van der Waals surface area contributed by atoms with E-state index in [0.717, 1.165) is 16.8 Å². The maximum atomic E-state index is 12.2. The Bertz CT molecular complexity index is 910. The lowest BCUT2D eigenvalue weighted by Crippen LogP contribution is -2.38. The largest absolute Gasteiger partial charge is 0.481 e. The summed E-state index contributed by atoms with van der Waals surface area (Å²) in [5.74, 6) is -1.19. The minimum absolute atomic E-state index is 0.0459. The maximum Gasteiger partial charge on any atom is 0.303 e. The van der Waals surface area contributed by atoms with Crippen LogP contribution in [0.1, 0.15) is 30.4 Å². The molecule has 1 N–H and O–H groups in total. The summed E-state index contributed by atoms with van der Waals surface area (Å²) in [7, 11) is -3.11. The van der Waals surface area contributed by atoms with Crippen LogP contribution in [0.5, 0.6) is 0 Å². The van der Waals surface area contributed by atoms with Gasteiger partial charge in [0.2, 0.25) is 5.91 Å². The first-order chi connectivity index (χ1) is 12.7. The smallest absolute Gasteiger partial charge is 0.303 e. The van der Waals surface area contributed by atoms with Crippen molar-refractivity contribution in [1.82, 2.24) is 0 Å². The van der Waals surface area contributed by atoms with Gasteiger partial charge in [-0.3, -0.25) is 9.59 Å². The molecule has 1 amide bonds. The highest BCUT2D eigenvalue weighted by molar-refractivity contribution is 8.16. The van der Waals surface area contributed by atoms with Gasteiger partial charge in [-0.2, -0.15) is 4.99 Å². The van der Waals surface area contributed by atoms with Crippen molar-refractivity contribution in [1.29, 1.82) is 0 Å². The number of carboxylic acid groups (broad SMARTS) is 1. The molecule has 0 spiro atoms. The number of rotatable bonds is 5. The van der Waals surface area contributed by atoms with Crippen LogP contribution in [0.3, 0.4) is 0 Å². The van der Waals surface area contributed by atoms with E-state index in [1.165, 1.54) is 11.8 Å². The molecule has 2 saturated heterocycles. The molecule has 0 saturated carbocycles. The lowest BCUT2D eigenvalue weighted by Gasteiger charge is -2.26. The minimum atomic E-state index is -3.11. The monoisotopic (exact) mass is 410 g/mol. The van der Waals surface area contributed by atoms with Crippen molar-refractivity contribution in [3.05, 3.63) is 29.3 Å². The van der Waals surface area contributed by atoms with Gasteiger partial charge in [-0.25, -0.2) is 8.42 Å². The molecule has 0 radical (unpaired) electrons. The zero-order valence-electron chi connectivity index (χ0n) is 15.2. The number of amides is 1. The molecule has 0 bridgehead atoms. The number of carboxylic acids is 1. The topological polar surface area (TPSA) is 104 Å². The number of aryl methyl sites for hydroxylation is 1. The first-order valence-corrected chi connectivity index (χ1v) is 11.4. The third kappa shape index (κ3) is 4.35. The highest BCUT2D eigenvalue weighted by atomic mass is 32.2. The first-order valence-electron chi connectivity index (χ1n) is 8.74. The summed E-state index contributed by atoms with van der Waals surface area (Å²) in [6.45, 7) is 3.96. The van der Waals surface area contributed by atoms with Crippen LogP contribution in [0.25, 0.3) is 0 Å². The molecule has 2 atom stereocenters. The van der Waals surface area contributed by atoms with Crippen LogP contribution in [0.2, 0.25) is 0 Å². The SMILES string of the molecule is Cc1cccc(N2C(=NC(=O)CCCC(=O)O)SC3CS(=O)(=O)CC32)c1C. The average Bonchev–Trinajstić information content (AvgIpc) is 3.01. The molecule has 1 aromatic rings. The Hall–Kier alpha value is -1.87. The van der Waals surface area contributed by atoms with Crippen LogP contribution >= 0.6 is 11.8 Å². The summed E-state index contributed by atoms with van der Waals surface area (Å²) in [6.07, 6.45) is 0.221. The molecule has 146 valence electrons. The van der Waals surface area contributed by atoms with Gasteiger partial charge in [0.15, 0.2) is 15.0 Å². The number of thioether (sulfide) groups is 1. The fourth-order valence-electron chi connectivity index (χ4n) is 3.40. The lowest BCUT2D eigenvalue weighted by atomic mass is 10.1. The number of aliphatic imine (C=N–C) groups is 1. The number of benzene rings is 1. The second-order valence-corrected chi connectivity index (χ2v) is 10.3. The molecule has 2 unspecified atom stereocenters. The minimum Gasteiger partial charge on any atom is -0.481 e. The average molecular weight is 411 g/mol. The Kier molecular flexibility index (Phi) is 5.62.